The maximum absolute atomic E-state index is 13.3. The van der Waals surface area contributed by atoms with Gasteiger partial charge in [0.15, 0.2) is 0 Å². The number of amides is 1. The maximum atomic E-state index is 13.3. The van der Waals surface area contributed by atoms with E-state index < -0.39 is 17.7 Å². The first-order chi connectivity index (χ1) is 16.8. The van der Waals surface area contributed by atoms with E-state index in [4.69, 9.17) is 4.74 Å². The van der Waals surface area contributed by atoms with Crippen molar-refractivity contribution in [1.29, 1.82) is 0 Å². The molecule has 1 fully saturated rings. The van der Waals surface area contributed by atoms with Crippen molar-refractivity contribution in [2.45, 2.75) is 51.8 Å². The zero-order valence-corrected chi connectivity index (χ0v) is 20.2. The van der Waals surface area contributed by atoms with Gasteiger partial charge in [0.25, 0.3) is 11.7 Å². The van der Waals surface area contributed by atoms with Gasteiger partial charge in [0.05, 0.1) is 11.6 Å². The van der Waals surface area contributed by atoms with Gasteiger partial charge in [0, 0.05) is 18.5 Å². The first kappa shape index (κ1) is 22.9. The molecule has 178 valence electrons. The first-order valence-electron chi connectivity index (χ1n) is 12.1. The summed E-state index contributed by atoms with van der Waals surface area (Å²) in [5, 5.41) is 11.4. The van der Waals surface area contributed by atoms with Gasteiger partial charge >= 0.3 is 0 Å². The van der Waals surface area contributed by atoms with Crippen LogP contribution in [0.3, 0.4) is 0 Å². The van der Waals surface area contributed by atoms with Crippen LogP contribution in [-0.4, -0.2) is 27.8 Å². The number of rotatable bonds is 5. The van der Waals surface area contributed by atoms with Crippen molar-refractivity contribution in [2.24, 2.45) is 0 Å². The molecule has 2 aliphatic heterocycles. The van der Waals surface area contributed by atoms with Crippen molar-refractivity contribution in [3.8, 4) is 5.75 Å². The highest BCUT2D eigenvalue weighted by Crippen LogP contribution is 2.41. The Bertz CT molecular complexity index is 1310. The second-order valence-corrected chi connectivity index (χ2v) is 9.69. The summed E-state index contributed by atoms with van der Waals surface area (Å²) in [5.41, 5.74) is 4.50. The number of likely N-dealkylation sites (tertiary alicyclic amines) is 1. The third-order valence-electron chi connectivity index (χ3n) is 6.82. The molecule has 0 spiro atoms. The average Bonchev–Trinajstić information content (AvgIpc) is 3.35. The normalized spacial score (nSPS) is 20.9. The van der Waals surface area contributed by atoms with Crippen LogP contribution in [0.5, 0.6) is 5.75 Å². The van der Waals surface area contributed by atoms with Crippen molar-refractivity contribution in [3.63, 3.8) is 0 Å². The summed E-state index contributed by atoms with van der Waals surface area (Å²) >= 11 is 0. The van der Waals surface area contributed by atoms with E-state index in [-0.39, 0.29) is 24.0 Å². The Morgan fingerprint density at radius 3 is 2.43 bits per heavy atom. The predicted octanol–water partition coefficient (Wildman–Crippen LogP) is 5.76. The van der Waals surface area contributed by atoms with Crippen LogP contribution in [0.15, 0.2) is 78.4 Å². The van der Waals surface area contributed by atoms with Crippen molar-refractivity contribution in [2.75, 3.05) is 0 Å². The summed E-state index contributed by atoms with van der Waals surface area (Å²) < 4.78 is 5.78. The van der Waals surface area contributed by atoms with E-state index in [0.717, 1.165) is 28.9 Å². The molecule has 3 aromatic rings. The quantitative estimate of drug-likeness (QED) is 0.295. The number of hydrogen-bond donors (Lipinski definition) is 1. The van der Waals surface area contributed by atoms with Crippen LogP contribution in [0.1, 0.15) is 60.5 Å². The first-order valence-corrected chi connectivity index (χ1v) is 12.1. The molecule has 35 heavy (non-hydrogen) atoms. The van der Waals surface area contributed by atoms with Gasteiger partial charge in [0.2, 0.25) is 0 Å². The minimum absolute atomic E-state index is 0.0679. The van der Waals surface area contributed by atoms with Crippen LogP contribution in [0.2, 0.25) is 0 Å². The van der Waals surface area contributed by atoms with Crippen LogP contribution < -0.4 is 4.74 Å². The number of ketones is 1. The molecule has 0 unspecified atom stereocenters. The number of carbonyl (C=O) groups excluding carboxylic acids is 2. The largest absolute Gasteiger partial charge is 0.507 e. The Kier molecular flexibility index (Phi) is 5.93. The van der Waals surface area contributed by atoms with Gasteiger partial charge in [0.1, 0.15) is 17.6 Å². The predicted molar refractivity (Wildman–Crippen MR) is 135 cm³/mol. The summed E-state index contributed by atoms with van der Waals surface area (Å²) in [6.07, 6.45) is 0.803. The average molecular weight is 468 g/mol. The molecular formula is C30H29NO4. The molecular weight excluding hydrogens is 438 g/mol. The van der Waals surface area contributed by atoms with E-state index in [1.165, 1.54) is 5.56 Å². The molecule has 0 aliphatic carbocycles. The smallest absolute Gasteiger partial charge is 0.295 e. The highest BCUT2D eigenvalue weighted by molar-refractivity contribution is 6.46. The minimum Gasteiger partial charge on any atom is -0.507 e. The van der Waals surface area contributed by atoms with Crippen LogP contribution in [0.25, 0.3) is 5.76 Å². The van der Waals surface area contributed by atoms with Gasteiger partial charge in [-0.1, -0.05) is 68.4 Å². The Hall–Kier alpha value is -3.86. The number of hydrogen-bond acceptors (Lipinski definition) is 4. The lowest BCUT2D eigenvalue weighted by atomic mass is 9.92. The Labute approximate surface area is 205 Å². The molecule has 0 saturated carbocycles. The topological polar surface area (TPSA) is 66.8 Å². The molecule has 2 atom stereocenters. The Morgan fingerprint density at radius 1 is 1.03 bits per heavy atom. The lowest BCUT2D eigenvalue weighted by Crippen LogP contribution is -2.29. The van der Waals surface area contributed by atoms with Gasteiger partial charge in [-0.15, -0.1) is 0 Å². The molecule has 1 amide bonds. The van der Waals surface area contributed by atoms with Gasteiger partial charge in [-0.2, -0.15) is 0 Å². The van der Waals surface area contributed by atoms with Crippen molar-refractivity contribution in [1.82, 2.24) is 4.90 Å². The summed E-state index contributed by atoms with van der Waals surface area (Å²) in [5.74, 6) is -0.276. The van der Waals surface area contributed by atoms with Crippen LogP contribution in [-0.2, 0) is 22.6 Å². The molecule has 3 aromatic carbocycles. The highest BCUT2D eigenvalue weighted by Gasteiger charge is 2.46. The number of aliphatic hydroxyl groups excluding tert-OH is 1. The van der Waals surface area contributed by atoms with Crippen LogP contribution >= 0.6 is 0 Å². The van der Waals surface area contributed by atoms with Crippen LogP contribution in [0.4, 0.5) is 0 Å². The third kappa shape index (κ3) is 4.23. The number of Topliss-reactive ketones (excluding diaryl/α,β-unsaturated/α-hetero) is 1. The molecule has 0 radical (unpaired) electrons. The molecule has 1 N–H and O–H groups in total. The lowest BCUT2D eigenvalue weighted by molar-refractivity contribution is -0.140. The molecule has 0 aromatic heterocycles. The zero-order chi connectivity index (χ0) is 24.7. The van der Waals surface area contributed by atoms with E-state index in [2.05, 4.69) is 13.8 Å². The molecule has 2 heterocycles. The number of aliphatic hydroxyl groups is 1. The van der Waals surface area contributed by atoms with E-state index in [1.807, 2.05) is 73.7 Å². The molecule has 1 saturated heterocycles. The van der Waals surface area contributed by atoms with E-state index >= 15 is 0 Å². The standard InChI is InChI=1S/C30H29NO4/c1-18(2)21-9-11-22(12-10-21)27-26(28(32)23-13-14-25-24(16-23)15-19(3)35-25)29(33)30(34)31(27)17-20-7-5-4-6-8-20/h4-14,16,18-19,27,32H,15,17H2,1-3H3/t19-,27+/m1/s1. The number of fused-ring (bicyclic) bond motifs is 1. The van der Waals surface area contributed by atoms with E-state index in [1.54, 1.807) is 11.0 Å². The maximum Gasteiger partial charge on any atom is 0.295 e. The van der Waals surface area contributed by atoms with Gasteiger partial charge in [-0.05, 0) is 53.3 Å². The van der Waals surface area contributed by atoms with Gasteiger partial charge in [-0.25, -0.2) is 0 Å². The Morgan fingerprint density at radius 2 is 1.74 bits per heavy atom. The van der Waals surface area contributed by atoms with Crippen LogP contribution in [0, 0.1) is 0 Å². The minimum atomic E-state index is -0.681. The highest BCUT2D eigenvalue weighted by atomic mass is 16.5. The van der Waals surface area contributed by atoms with Crippen molar-refractivity contribution < 1.29 is 19.4 Å². The third-order valence-corrected chi connectivity index (χ3v) is 6.82. The SMILES string of the molecule is CC(C)c1ccc([C@H]2C(=C(O)c3ccc4c(c3)C[C@@H](C)O4)C(=O)C(=O)N2Cc2ccccc2)cc1. The lowest BCUT2D eigenvalue weighted by Gasteiger charge is -2.26. The molecule has 5 rings (SSSR count). The summed E-state index contributed by atoms with van der Waals surface area (Å²) in [4.78, 5) is 28.1. The van der Waals surface area contributed by atoms with Crippen molar-refractivity contribution in [3.05, 3.63) is 106 Å². The summed E-state index contributed by atoms with van der Waals surface area (Å²) in [6.45, 7) is 6.51. The van der Waals surface area contributed by atoms with E-state index in [0.29, 0.717) is 11.5 Å². The second-order valence-electron chi connectivity index (χ2n) is 9.69. The summed E-state index contributed by atoms with van der Waals surface area (Å²) in [6, 6.07) is 22.3. The fourth-order valence-corrected chi connectivity index (χ4v) is 4.96. The van der Waals surface area contributed by atoms with Crippen molar-refractivity contribution >= 4 is 17.4 Å². The summed E-state index contributed by atoms with van der Waals surface area (Å²) in [7, 11) is 0. The Balaban J connectivity index is 1.62. The zero-order valence-electron chi connectivity index (χ0n) is 20.2. The molecule has 0 bridgehead atoms. The molecule has 2 aliphatic rings. The fraction of sp³-hybridized carbons (Fsp3) is 0.267. The second kappa shape index (κ2) is 9.06. The van der Waals surface area contributed by atoms with Gasteiger partial charge in [-0.3, -0.25) is 9.59 Å². The monoisotopic (exact) mass is 467 g/mol. The number of nitrogens with zero attached hydrogens (tertiary/aromatic N) is 1. The number of ether oxygens (including phenoxy) is 1. The molecule has 5 nitrogen and oxygen atoms in total. The van der Waals surface area contributed by atoms with E-state index in [9.17, 15) is 14.7 Å². The number of benzene rings is 3. The number of carbonyl (C=O) groups is 2. The fourth-order valence-electron chi connectivity index (χ4n) is 4.96. The van der Waals surface area contributed by atoms with Gasteiger partial charge < -0.3 is 14.7 Å². The molecule has 5 heteroatoms.